The summed E-state index contributed by atoms with van der Waals surface area (Å²) in [6.07, 6.45) is 0. The molecule has 322 valence electrons. The molecule has 0 aliphatic carbocycles. The average molecular weight is 879 g/mol. The molecular weight excluding hydrogens is 837 g/mol. The normalized spacial score (nSPS) is 11.8. The fraction of sp³-hybridized carbons (Fsp3) is 0. The maximum Gasteiger partial charge on any atom is 0.143 e. The van der Waals surface area contributed by atoms with E-state index in [0.29, 0.717) is 0 Å². The van der Waals surface area contributed by atoms with Gasteiger partial charge in [0.25, 0.3) is 0 Å². The van der Waals surface area contributed by atoms with E-state index in [2.05, 4.69) is 264 Å². The van der Waals surface area contributed by atoms with Gasteiger partial charge in [0.1, 0.15) is 11.2 Å². The van der Waals surface area contributed by atoms with Crippen molar-refractivity contribution in [1.29, 1.82) is 0 Å². The van der Waals surface area contributed by atoms with E-state index in [9.17, 15) is 0 Å². The first-order chi connectivity index (χ1) is 34.2. The van der Waals surface area contributed by atoms with E-state index >= 15 is 0 Å². The van der Waals surface area contributed by atoms with Gasteiger partial charge in [-0.2, -0.15) is 0 Å². The van der Waals surface area contributed by atoms with Gasteiger partial charge in [-0.3, -0.25) is 0 Å². The maximum absolute atomic E-state index is 6.73. The van der Waals surface area contributed by atoms with E-state index in [4.69, 9.17) is 4.42 Å². The first kappa shape index (κ1) is 39.0. The van der Waals surface area contributed by atoms with Crippen LogP contribution in [0.2, 0.25) is 0 Å². The standard InChI is InChI=1S/C66H42N2O/c1-3-19-54-44(13-1)27-28-46-29-30-49(41-61(46)54)48-16-12-17-52(40-48)67(62-24-8-5-20-55(62)50-34-37-59-60-38-33-45-14-2-4-21-56(45)66(60)69-65(59)42-50)51-35-31-43(32-36-51)47-15-11-18-53(39-47)68-63-25-9-6-22-57(63)58-23-7-10-26-64(58)68/h1-42H. The van der Waals surface area contributed by atoms with Crippen LogP contribution in [-0.4, -0.2) is 4.57 Å². The summed E-state index contributed by atoms with van der Waals surface area (Å²) in [6.45, 7) is 0. The van der Waals surface area contributed by atoms with E-state index in [-0.39, 0.29) is 0 Å². The van der Waals surface area contributed by atoms with Gasteiger partial charge in [-0.05, 0) is 134 Å². The van der Waals surface area contributed by atoms with E-state index in [1.165, 1.54) is 54.3 Å². The van der Waals surface area contributed by atoms with Gasteiger partial charge in [0.2, 0.25) is 0 Å². The topological polar surface area (TPSA) is 21.3 Å². The van der Waals surface area contributed by atoms with Crippen LogP contribution in [0.15, 0.2) is 259 Å². The Bertz CT molecular complexity index is 4270. The minimum absolute atomic E-state index is 0.874. The lowest BCUT2D eigenvalue weighted by molar-refractivity contribution is 0.673. The number of anilines is 3. The second kappa shape index (κ2) is 15.7. The highest BCUT2D eigenvalue weighted by molar-refractivity contribution is 6.16. The Morgan fingerprint density at radius 2 is 0.870 bits per heavy atom. The van der Waals surface area contributed by atoms with Crippen molar-refractivity contribution < 1.29 is 4.42 Å². The molecule has 3 nitrogen and oxygen atoms in total. The highest BCUT2D eigenvalue weighted by atomic mass is 16.3. The molecule has 0 aliphatic rings. The Kier molecular flexibility index (Phi) is 8.90. The molecule has 0 radical (unpaired) electrons. The molecule has 69 heavy (non-hydrogen) atoms. The number of hydrogen-bond donors (Lipinski definition) is 0. The molecule has 3 heteroatoms. The van der Waals surface area contributed by atoms with Crippen molar-refractivity contribution in [3.05, 3.63) is 255 Å². The van der Waals surface area contributed by atoms with E-state index < -0.39 is 0 Å². The van der Waals surface area contributed by atoms with E-state index in [1.54, 1.807) is 0 Å². The van der Waals surface area contributed by atoms with Crippen molar-refractivity contribution in [3.8, 4) is 39.1 Å². The lowest BCUT2D eigenvalue weighted by Gasteiger charge is -2.28. The SMILES string of the molecule is c1cc(-c2ccc3ccc4ccccc4c3c2)cc(N(c2ccc(-c3cccc(-n4c5ccccc5c5ccccc54)c3)cc2)c2ccccc2-c2ccc3c(c2)oc2c4ccccc4ccc32)c1. The van der Waals surface area contributed by atoms with Crippen molar-refractivity contribution in [1.82, 2.24) is 4.57 Å². The number of furan rings is 1. The average Bonchev–Trinajstić information content (AvgIpc) is 3.97. The number of benzene rings is 12. The fourth-order valence-electron chi connectivity index (χ4n) is 10.8. The number of aromatic nitrogens is 1. The summed E-state index contributed by atoms with van der Waals surface area (Å²) in [5.74, 6) is 0. The highest BCUT2D eigenvalue weighted by Gasteiger charge is 2.20. The molecule has 2 aromatic heterocycles. The second-order valence-corrected chi connectivity index (χ2v) is 18.1. The van der Waals surface area contributed by atoms with Gasteiger partial charge < -0.3 is 13.9 Å². The first-order valence-corrected chi connectivity index (χ1v) is 23.6. The Labute approximate surface area is 399 Å². The van der Waals surface area contributed by atoms with E-state index in [1.807, 2.05) is 0 Å². The predicted molar refractivity (Wildman–Crippen MR) is 292 cm³/mol. The van der Waals surface area contributed by atoms with Crippen LogP contribution < -0.4 is 4.90 Å². The van der Waals surface area contributed by atoms with Crippen LogP contribution in [0.4, 0.5) is 17.1 Å². The quantitative estimate of drug-likeness (QED) is 0.149. The van der Waals surface area contributed by atoms with Gasteiger partial charge in [-0.25, -0.2) is 0 Å². The largest absolute Gasteiger partial charge is 0.455 e. The smallest absolute Gasteiger partial charge is 0.143 e. The minimum atomic E-state index is 0.874. The Balaban J connectivity index is 0.907. The van der Waals surface area contributed by atoms with Gasteiger partial charge in [0.05, 0.1) is 16.7 Å². The van der Waals surface area contributed by atoms with Crippen LogP contribution in [0.25, 0.3) is 115 Å². The summed E-state index contributed by atoms with van der Waals surface area (Å²) in [7, 11) is 0. The molecule has 0 bridgehead atoms. The van der Waals surface area contributed by atoms with Crippen molar-refractivity contribution in [2.45, 2.75) is 0 Å². The molecule has 0 N–H and O–H groups in total. The summed E-state index contributed by atoms with van der Waals surface area (Å²) in [6, 6.07) is 92.6. The Morgan fingerprint density at radius 3 is 1.67 bits per heavy atom. The van der Waals surface area contributed by atoms with Crippen LogP contribution in [0.5, 0.6) is 0 Å². The maximum atomic E-state index is 6.73. The molecule has 14 aromatic rings. The summed E-state index contributed by atoms with van der Waals surface area (Å²) >= 11 is 0. The molecule has 0 saturated carbocycles. The summed E-state index contributed by atoms with van der Waals surface area (Å²) in [5.41, 5.74) is 15.4. The van der Waals surface area contributed by atoms with Crippen LogP contribution in [0.3, 0.4) is 0 Å². The number of fused-ring (bicyclic) bond motifs is 11. The van der Waals surface area contributed by atoms with Crippen LogP contribution in [-0.2, 0) is 0 Å². The number of hydrogen-bond acceptors (Lipinski definition) is 2. The zero-order valence-electron chi connectivity index (χ0n) is 37.6. The molecule has 0 unspecified atom stereocenters. The third kappa shape index (κ3) is 6.43. The summed E-state index contributed by atoms with van der Waals surface area (Å²) in [5, 5.41) is 12.1. The molecular formula is C66H42N2O. The lowest BCUT2D eigenvalue weighted by atomic mass is 9.96. The zero-order chi connectivity index (χ0) is 45.4. The predicted octanol–water partition coefficient (Wildman–Crippen LogP) is 18.6. The third-order valence-corrected chi connectivity index (χ3v) is 14.1. The van der Waals surface area contributed by atoms with Crippen LogP contribution in [0.1, 0.15) is 0 Å². The molecule has 2 heterocycles. The molecule has 0 fully saturated rings. The van der Waals surface area contributed by atoms with E-state index in [0.717, 1.165) is 77.9 Å². The number of para-hydroxylation sites is 3. The highest BCUT2D eigenvalue weighted by Crippen LogP contribution is 2.45. The minimum Gasteiger partial charge on any atom is -0.455 e. The van der Waals surface area contributed by atoms with Gasteiger partial charge in [-0.15, -0.1) is 0 Å². The Morgan fingerprint density at radius 1 is 0.304 bits per heavy atom. The molecule has 14 rings (SSSR count). The number of nitrogens with zero attached hydrogens (tertiary/aromatic N) is 2. The van der Waals surface area contributed by atoms with Crippen LogP contribution in [0, 0.1) is 0 Å². The van der Waals surface area contributed by atoms with Gasteiger partial charge in [0.15, 0.2) is 0 Å². The summed E-state index contributed by atoms with van der Waals surface area (Å²) in [4.78, 5) is 2.41. The lowest BCUT2D eigenvalue weighted by Crippen LogP contribution is -2.11. The van der Waals surface area contributed by atoms with Gasteiger partial charge in [-0.1, -0.05) is 176 Å². The molecule has 0 atom stereocenters. The van der Waals surface area contributed by atoms with Crippen LogP contribution >= 0.6 is 0 Å². The number of rotatable bonds is 7. The van der Waals surface area contributed by atoms with Crippen molar-refractivity contribution in [2.24, 2.45) is 0 Å². The molecule has 0 amide bonds. The molecule has 12 aromatic carbocycles. The Hall–Kier alpha value is -9.18. The molecule has 0 saturated heterocycles. The third-order valence-electron chi connectivity index (χ3n) is 14.1. The molecule has 0 spiro atoms. The van der Waals surface area contributed by atoms with Crippen molar-refractivity contribution >= 4 is 93.1 Å². The monoisotopic (exact) mass is 878 g/mol. The second-order valence-electron chi connectivity index (χ2n) is 18.1. The zero-order valence-corrected chi connectivity index (χ0v) is 37.6. The molecule has 0 aliphatic heterocycles. The van der Waals surface area contributed by atoms with Crippen molar-refractivity contribution in [3.63, 3.8) is 0 Å². The van der Waals surface area contributed by atoms with Gasteiger partial charge in [0, 0.05) is 49.6 Å². The fourth-order valence-corrected chi connectivity index (χ4v) is 10.8. The van der Waals surface area contributed by atoms with Gasteiger partial charge >= 0.3 is 0 Å². The summed E-state index contributed by atoms with van der Waals surface area (Å²) < 4.78 is 9.12. The first-order valence-electron chi connectivity index (χ1n) is 23.6. The van der Waals surface area contributed by atoms with Crippen molar-refractivity contribution in [2.75, 3.05) is 4.90 Å².